The molecule has 118 valence electrons. The molecule has 1 aliphatic heterocycles. The Kier molecular flexibility index (Phi) is 5.96. The maximum atomic E-state index is 12.4. The van der Waals surface area contributed by atoms with Gasteiger partial charge in [0.1, 0.15) is 5.69 Å². The first-order valence-electron chi connectivity index (χ1n) is 7.53. The summed E-state index contributed by atoms with van der Waals surface area (Å²) in [5.74, 6) is 0.00657. The molecule has 0 saturated carbocycles. The first-order valence-corrected chi connectivity index (χ1v) is 8.41. The third-order valence-electron chi connectivity index (χ3n) is 3.85. The Morgan fingerprint density at radius 1 is 1.43 bits per heavy atom. The molecule has 7 heteroatoms. The van der Waals surface area contributed by atoms with Crippen LogP contribution in [0.1, 0.15) is 30.8 Å². The van der Waals surface area contributed by atoms with Gasteiger partial charge in [-0.1, -0.05) is 6.92 Å². The SMILES string of the molecule is CCNc1nc(C(=O)N2CCN(C(CC)CO)CC2)cs1. The highest BCUT2D eigenvalue weighted by Gasteiger charge is 2.26. The molecule has 1 aromatic rings. The lowest BCUT2D eigenvalue weighted by atomic mass is 10.1. The summed E-state index contributed by atoms with van der Waals surface area (Å²) in [4.78, 5) is 20.8. The van der Waals surface area contributed by atoms with Crippen LogP contribution in [0.15, 0.2) is 5.38 Å². The van der Waals surface area contributed by atoms with E-state index in [9.17, 15) is 9.90 Å². The number of amides is 1. The van der Waals surface area contributed by atoms with E-state index in [4.69, 9.17) is 0 Å². The summed E-state index contributed by atoms with van der Waals surface area (Å²) in [7, 11) is 0. The van der Waals surface area contributed by atoms with Crippen LogP contribution in [0.2, 0.25) is 0 Å². The van der Waals surface area contributed by atoms with Gasteiger partial charge in [0.2, 0.25) is 0 Å². The largest absolute Gasteiger partial charge is 0.395 e. The van der Waals surface area contributed by atoms with E-state index < -0.39 is 0 Å². The molecule has 2 N–H and O–H groups in total. The van der Waals surface area contributed by atoms with Gasteiger partial charge in [-0.05, 0) is 13.3 Å². The molecule has 1 fully saturated rings. The molecule has 0 aromatic carbocycles. The van der Waals surface area contributed by atoms with Gasteiger partial charge in [-0.3, -0.25) is 9.69 Å². The number of aromatic nitrogens is 1. The zero-order valence-corrected chi connectivity index (χ0v) is 13.5. The number of anilines is 1. The molecule has 6 nitrogen and oxygen atoms in total. The van der Waals surface area contributed by atoms with Crippen LogP contribution in [0.4, 0.5) is 5.13 Å². The Balaban J connectivity index is 1.90. The molecule has 0 spiro atoms. The fourth-order valence-electron chi connectivity index (χ4n) is 2.56. The molecule has 2 rings (SSSR count). The number of nitrogens with one attached hydrogen (secondary N) is 1. The van der Waals surface area contributed by atoms with E-state index in [0.717, 1.165) is 31.2 Å². The van der Waals surface area contributed by atoms with Crippen molar-refractivity contribution in [2.75, 3.05) is 44.6 Å². The van der Waals surface area contributed by atoms with Crippen LogP contribution >= 0.6 is 11.3 Å². The van der Waals surface area contributed by atoms with Gasteiger partial charge < -0.3 is 15.3 Å². The van der Waals surface area contributed by atoms with Gasteiger partial charge in [0.25, 0.3) is 5.91 Å². The number of rotatable bonds is 6. The Labute approximate surface area is 129 Å². The minimum absolute atomic E-state index is 0.00657. The van der Waals surface area contributed by atoms with Crippen LogP contribution in [0, 0.1) is 0 Å². The normalized spacial score (nSPS) is 17.8. The van der Waals surface area contributed by atoms with Crippen molar-refractivity contribution >= 4 is 22.4 Å². The minimum Gasteiger partial charge on any atom is -0.395 e. The van der Waals surface area contributed by atoms with E-state index in [1.54, 1.807) is 0 Å². The van der Waals surface area contributed by atoms with E-state index >= 15 is 0 Å². The first-order chi connectivity index (χ1) is 10.2. The van der Waals surface area contributed by atoms with Crippen molar-refractivity contribution in [2.24, 2.45) is 0 Å². The lowest BCUT2D eigenvalue weighted by Crippen LogP contribution is -2.52. The smallest absolute Gasteiger partial charge is 0.273 e. The Morgan fingerprint density at radius 2 is 2.14 bits per heavy atom. The molecule has 0 radical (unpaired) electrons. The number of carbonyl (C=O) groups excluding carboxylic acids is 1. The summed E-state index contributed by atoms with van der Waals surface area (Å²) >= 11 is 1.47. The first kappa shape index (κ1) is 16.2. The molecule has 1 amide bonds. The van der Waals surface area contributed by atoms with E-state index in [0.29, 0.717) is 18.8 Å². The second-order valence-electron chi connectivity index (χ2n) is 5.14. The molecular weight excluding hydrogens is 288 g/mol. The highest BCUT2D eigenvalue weighted by molar-refractivity contribution is 7.13. The molecule has 1 aliphatic rings. The highest BCUT2D eigenvalue weighted by Crippen LogP contribution is 2.18. The van der Waals surface area contributed by atoms with Crippen LogP contribution in [-0.2, 0) is 0 Å². The number of hydrogen-bond acceptors (Lipinski definition) is 6. The summed E-state index contributed by atoms with van der Waals surface area (Å²) in [5, 5.41) is 15.1. The Hall–Kier alpha value is -1.18. The highest BCUT2D eigenvalue weighted by atomic mass is 32.1. The molecule has 0 bridgehead atoms. The third-order valence-corrected chi connectivity index (χ3v) is 4.65. The van der Waals surface area contributed by atoms with Gasteiger partial charge in [0.05, 0.1) is 6.61 Å². The summed E-state index contributed by atoms with van der Waals surface area (Å²) in [6.07, 6.45) is 0.933. The summed E-state index contributed by atoms with van der Waals surface area (Å²) in [5.41, 5.74) is 0.526. The molecule has 1 saturated heterocycles. The fourth-order valence-corrected chi connectivity index (χ4v) is 3.31. The Bertz CT molecular complexity index is 454. The summed E-state index contributed by atoms with van der Waals surface area (Å²) < 4.78 is 0. The van der Waals surface area contributed by atoms with E-state index in [-0.39, 0.29) is 18.6 Å². The van der Waals surface area contributed by atoms with Crippen molar-refractivity contribution in [3.8, 4) is 0 Å². The zero-order chi connectivity index (χ0) is 15.2. The van der Waals surface area contributed by atoms with Gasteiger partial charge in [-0.15, -0.1) is 11.3 Å². The van der Waals surface area contributed by atoms with Crippen molar-refractivity contribution in [3.05, 3.63) is 11.1 Å². The van der Waals surface area contributed by atoms with Gasteiger partial charge in [0.15, 0.2) is 5.13 Å². The molecule has 1 atom stereocenters. The number of carbonyl (C=O) groups is 1. The number of hydrogen-bond donors (Lipinski definition) is 2. The lowest BCUT2D eigenvalue weighted by Gasteiger charge is -2.38. The number of aliphatic hydroxyl groups excluding tert-OH is 1. The van der Waals surface area contributed by atoms with E-state index in [2.05, 4.69) is 22.1 Å². The van der Waals surface area contributed by atoms with Crippen molar-refractivity contribution in [1.82, 2.24) is 14.8 Å². The van der Waals surface area contributed by atoms with Gasteiger partial charge in [0, 0.05) is 44.1 Å². The maximum absolute atomic E-state index is 12.4. The molecular formula is C14H24N4O2S. The predicted molar refractivity (Wildman–Crippen MR) is 84.9 cm³/mol. The molecule has 1 unspecified atom stereocenters. The van der Waals surface area contributed by atoms with Crippen LogP contribution in [-0.4, -0.2) is 71.2 Å². The average Bonchev–Trinajstić information content (AvgIpc) is 2.97. The number of aliphatic hydroxyl groups is 1. The summed E-state index contributed by atoms with van der Waals surface area (Å²) in [6.45, 7) is 8.10. The van der Waals surface area contributed by atoms with Crippen molar-refractivity contribution < 1.29 is 9.90 Å². The summed E-state index contributed by atoms with van der Waals surface area (Å²) in [6, 6.07) is 0.210. The van der Waals surface area contributed by atoms with Crippen molar-refractivity contribution in [3.63, 3.8) is 0 Å². The fraction of sp³-hybridized carbons (Fsp3) is 0.714. The van der Waals surface area contributed by atoms with Crippen molar-refractivity contribution in [2.45, 2.75) is 26.3 Å². The molecule has 2 heterocycles. The predicted octanol–water partition coefficient (Wildman–Crippen LogP) is 1.10. The van der Waals surface area contributed by atoms with Crippen LogP contribution in [0.3, 0.4) is 0 Å². The Morgan fingerprint density at radius 3 is 2.71 bits per heavy atom. The molecule has 0 aliphatic carbocycles. The van der Waals surface area contributed by atoms with Crippen molar-refractivity contribution in [1.29, 1.82) is 0 Å². The second kappa shape index (κ2) is 7.72. The second-order valence-corrected chi connectivity index (χ2v) is 6.00. The van der Waals surface area contributed by atoms with Gasteiger partial charge >= 0.3 is 0 Å². The average molecular weight is 312 g/mol. The molecule has 21 heavy (non-hydrogen) atoms. The number of piperazine rings is 1. The van der Waals surface area contributed by atoms with E-state index in [1.165, 1.54) is 11.3 Å². The standard InChI is InChI=1S/C14H24N4O2S/c1-3-11(9-19)17-5-7-18(8-6-17)13(20)12-10-21-14(16-12)15-4-2/h10-11,19H,3-9H2,1-2H3,(H,15,16). The molecule has 1 aromatic heterocycles. The van der Waals surface area contributed by atoms with Gasteiger partial charge in [-0.25, -0.2) is 4.98 Å². The number of thiazole rings is 1. The lowest BCUT2D eigenvalue weighted by molar-refractivity contribution is 0.0469. The maximum Gasteiger partial charge on any atom is 0.273 e. The van der Waals surface area contributed by atoms with Crippen LogP contribution in [0.5, 0.6) is 0 Å². The number of nitrogens with zero attached hydrogens (tertiary/aromatic N) is 3. The van der Waals surface area contributed by atoms with Crippen LogP contribution < -0.4 is 5.32 Å². The van der Waals surface area contributed by atoms with E-state index in [1.807, 2.05) is 17.2 Å². The monoisotopic (exact) mass is 312 g/mol. The third kappa shape index (κ3) is 3.93. The minimum atomic E-state index is 0.00657. The van der Waals surface area contributed by atoms with Gasteiger partial charge in [-0.2, -0.15) is 0 Å². The topological polar surface area (TPSA) is 68.7 Å². The quantitative estimate of drug-likeness (QED) is 0.823. The zero-order valence-electron chi connectivity index (χ0n) is 12.7. The van der Waals surface area contributed by atoms with Crippen LogP contribution in [0.25, 0.3) is 0 Å².